The number of rotatable bonds is 7. The maximum Gasteiger partial charge on any atom is 0.319 e. The summed E-state index contributed by atoms with van der Waals surface area (Å²) in [4.78, 5) is 12.3. The first-order valence-corrected chi connectivity index (χ1v) is 10.5. The monoisotopic (exact) mass is 378 g/mol. The predicted octanol–water partition coefficient (Wildman–Crippen LogP) is 2.53. The number of aromatic nitrogens is 2. The number of aryl methyl sites for hydroxylation is 1. The summed E-state index contributed by atoms with van der Waals surface area (Å²) in [5.74, 6) is 0.329. The van der Waals surface area contributed by atoms with Crippen molar-refractivity contribution in [1.82, 2.24) is 15.1 Å². The van der Waals surface area contributed by atoms with E-state index in [4.69, 9.17) is 0 Å². The first kappa shape index (κ1) is 20.0. The first-order chi connectivity index (χ1) is 12.2. The number of urea groups is 1. The number of nitrogens with one attached hydrogen (secondary N) is 2. The molecule has 142 valence electrons. The van der Waals surface area contributed by atoms with Gasteiger partial charge in [0.1, 0.15) is 0 Å². The van der Waals surface area contributed by atoms with Gasteiger partial charge in [-0.1, -0.05) is 32.0 Å². The van der Waals surface area contributed by atoms with Crippen LogP contribution in [0.1, 0.15) is 31.0 Å². The topological polar surface area (TPSA) is 93.1 Å². The molecule has 26 heavy (non-hydrogen) atoms. The van der Waals surface area contributed by atoms with E-state index in [2.05, 4.69) is 29.6 Å². The molecule has 0 bridgehead atoms. The smallest absolute Gasteiger partial charge is 0.319 e. The lowest BCUT2D eigenvalue weighted by Gasteiger charge is -2.22. The van der Waals surface area contributed by atoms with Gasteiger partial charge in [0, 0.05) is 43.3 Å². The van der Waals surface area contributed by atoms with Gasteiger partial charge in [-0.25, -0.2) is 13.2 Å². The van der Waals surface area contributed by atoms with E-state index in [1.54, 1.807) is 30.5 Å². The minimum atomic E-state index is -3.19. The van der Waals surface area contributed by atoms with Gasteiger partial charge in [0.25, 0.3) is 0 Å². The molecule has 2 amide bonds. The molecule has 2 aromatic rings. The zero-order valence-corrected chi connectivity index (χ0v) is 16.4. The van der Waals surface area contributed by atoms with Crippen LogP contribution in [0.15, 0.2) is 36.5 Å². The lowest BCUT2D eigenvalue weighted by atomic mass is 9.92. The molecule has 1 heterocycles. The van der Waals surface area contributed by atoms with E-state index in [1.165, 1.54) is 6.26 Å². The lowest BCUT2D eigenvalue weighted by molar-refractivity contribution is 0.250. The van der Waals surface area contributed by atoms with Crippen LogP contribution in [0.3, 0.4) is 0 Å². The molecule has 0 spiro atoms. The Morgan fingerprint density at radius 3 is 2.50 bits per heavy atom. The molecule has 2 N–H and O–H groups in total. The SMILES string of the molecule is CC(C)C(CNC(=O)Nc1ccccc1CS(C)(=O)=O)c1ccnn1C. The molecular formula is C18H26N4O3S. The predicted molar refractivity (Wildman–Crippen MR) is 103 cm³/mol. The maximum absolute atomic E-state index is 12.3. The fourth-order valence-corrected chi connectivity index (χ4v) is 3.67. The van der Waals surface area contributed by atoms with Crippen LogP contribution in [-0.4, -0.2) is 37.0 Å². The van der Waals surface area contributed by atoms with Crippen LogP contribution in [0.4, 0.5) is 10.5 Å². The van der Waals surface area contributed by atoms with Crippen molar-refractivity contribution in [2.75, 3.05) is 18.1 Å². The van der Waals surface area contributed by atoms with E-state index in [1.807, 2.05) is 17.8 Å². The van der Waals surface area contributed by atoms with Crippen LogP contribution in [0.2, 0.25) is 0 Å². The average molecular weight is 378 g/mol. The Labute approximate surface area is 154 Å². The highest BCUT2D eigenvalue weighted by Gasteiger charge is 2.20. The minimum absolute atomic E-state index is 0.118. The van der Waals surface area contributed by atoms with Crippen LogP contribution in [0.25, 0.3) is 0 Å². The van der Waals surface area contributed by atoms with E-state index >= 15 is 0 Å². The maximum atomic E-state index is 12.3. The molecule has 1 aromatic heterocycles. The van der Waals surface area contributed by atoms with Gasteiger partial charge in [-0.3, -0.25) is 4.68 Å². The van der Waals surface area contributed by atoms with Gasteiger partial charge in [0.05, 0.1) is 5.75 Å². The van der Waals surface area contributed by atoms with Crippen LogP contribution < -0.4 is 10.6 Å². The third kappa shape index (κ3) is 5.59. The molecule has 8 heteroatoms. The Hall–Kier alpha value is -2.35. The second kappa shape index (κ2) is 8.35. The Bertz CT molecular complexity index is 859. The molecule has 0 aliphatic rings. The number of amides is 2. The number of anilines is 1. The quantitative estimate of drug-likeness (QED) is 0.774. The Morgan fingerprint density at radius 2 is 1.92 bits per heavy atom. The largest absolute Gasteiger partial charge is 0.337 e. The van der Waals surface area contributed by atoms with Gasteiger partial charge < -0.3 is 10.6 Å². The second-order valence-electron chi connectivity index (χ2n) is 6.79. The van der Waals surface area contributed by atoms with Gasteiger partial charge in [-0.05, 0) is 23.6 Å². The van der Waals surface area contributed by atoms with Crippen molar-refractivity contribution >= 4 is 21.6 Å². The number of para-hydroxylation sites is 1. The summed E-state index contributed by atoms with van der Waals surface area (Å²) in [6.07, 6.45) is 2.91. The fraction of sp³-hybridized carbons (Fsp3) is 0.444. The normalized spacial score (nSPS) is 12.8. The summed E-state index contributed by atoms with van der Waals surface area (Å²) in [6.45, 7) is 4.65. The van der Waals surface area contributed by atoms with Crippen molar-refractivity contribution < 1.29 is 13.2 Å². The molecule has 0 radical (unpaired) electrons. The van der Waals surface area contributed by atoms with E-state index in [9.17, 15) is 13.2 Å². The van der Waals surface area contributed by atoms with E-state index in [0.717, 1.165) is 5.69 Å². The Kier molecular flexibility index (Phi) is 6.42. The van der Waals surface area contributed by atoms with E-state index in [0.29, 0.717) is 23.7 Å². The summed E-state index contributed by atoms with van der Waals surface area (Å²) >= 11 is 0. The summed E-state index contributed by atoms with van der Waals surface area (Å²) in [5.41, 5.74) is 2.12. The molecule has 0 aliphatic carbocycles. The van der Waals surface area contributed by atoms with Gasteiger partial charge >= 0.3 is 6.03 Å². The molecule has 1 atom stereocenters. The molecule has 0 aliphatic heterocycles. The standard InChI is InChI=1S/C18H26N4O3S/c1-13(2)15(17-9-10-20-22(17)3)11-19-18(23)21-16-8-6-5-7-14(16)12-26(4,24)25/h5-10,13,15H,11-12H2,1-4H3,(H2,19,21,23). The van der Waals surface area contributed by atoms with Crippen LogP contribution >= 0.6 is 0 Å². The zero-order chi connectivity index (χ0) is 19.3. The van der Waals surface area contributed by atoms with Crippen molar-refractivity contribution in [2.45, 2.75) is 25.5 Å². The van der Waals surface area contributed by atoms with Crippen LogP contribution in [0, 0.1) is 5.92 Å². The molecule has 0 fully saturated rings. The first-order valence-electron chi connectivity index (χ1n) is 8.45. The fourth-order valence-electron chi connectivity index (χ4n) is 2.85. The summed E-state index contributed by atoms with van der Waals surface area (Å²) in [7, 11) is -1.31. The Morgan fingerprint density at radius 1 is 1.23 bits per heavy atom. The molecule has 7 nitrogen and oxygen atoms in total. The second-order valence-corrected chi connectivity index (χ2v) is 8.93. The minimum Gasteiger partial charge on any atom is -0.337 e. The number of sulfone groups is 1. The summed E-state index contributed by atoms with van der Waals surface area (Å²) in [5, 5.41) is 9.82. The molecule has 1 unspecified atom stereocenters. The molecule has 0 saturated carbocycles. The van der Waals surface area contributed by atoms with Crippen molar-refractivity contribution in [2.24, 2.45) is 13.0 Å². The van der Waals surface area contributed by atoms with Crippen LogP contribution in [0.5, 0.6) is 0 Å². The van der Waals surface area contributed by atoms with Gasteiger partial charge in [-0.15, -0.1) is 0 Å². The molecule has 1 aromatic carbocycles. The third-order valence-electron chi connectivity index (χ3n) is 4.21. The van der Waals surface area contributed by atoms with Crippen molar-refractivity contribution in [1.29, 1.82) is 0 Å². The third-order valence-corrected chi connectivity index (χ3v) is 5.04. The number of hydrogen-bond acceptors (Lipinski definition) is 4. The highest BCUT2D eigenvalue weighted by Crippen LogP contribution is 2.23. The number of hydrogen-bond donors (Lipinski definition) is 2. The number of carbonyl (C=O) groups excluding carboxylic acids is 1. The van der Waals surface area contributed by atoms with E-state index < -0.39 is 9.84 Å². The molecular weight excluding hydrogens is 352 g/mol. The summed E-state index contributed by atoms with van der Waals surface area (Å²) in [6, 6.07) is 8.49. The van der Waals surface area contributed by atoms with Crippen molar-refractivity contribution in [3.8, 4) is 0 Å². The molecule has 0 saturated heterocycles. The zero-order valence-electron chi connectivity index (χ0n) is 15.6. The van der Waals surface area contributed by atoms with Gasteiger partial charge in [-0.2, -0.15) is 5.10 Å². The molecule has 2 rings (SSSR count). The Balaban J connectivity index is 2.04. The highest BCUT2D eigenvalue weighted by atomic mass is 32.2. The van der Waals surface area contributed by atoms with Gasteiger partial charge in [0.15, 0.2) is 9.84 Å². The summed E-state index contributed by atoms with van der Waals surface area (Å²) < 4.78 is 24.9. The van der Waals surface area contributed by atoms with Crippen molar-refractivity contribution in [3.05, 3.63) is 47.8 Å². The van der Waals surface area contributed by atoms with Crippen molar-refractivity contribution in [3.63, 3.8) is 0 Å². The highest BCUT2D eigenvalue weighted by molar-refractivity contribution is 7.89. The van der Waals surface area contributed by atoms with Crippen LogP contribution in [-0.2, 0) is 22.6 Å². The number of nitrogens with zero attached hydrogens (tertiary/aromatic N) is 2. The van der Waals surface area contributed by atoms with Gasteiger partial charge in [0.2, 0.25) is 0 Å². The number of carbonyl (C=O) groups is 1. The van der Waals surface area contributed by atoms with E-state index in [-0.39, 0.29) is 17.7 Å². The number of benzene rings is 1. The lowest BCUT2D eigenvalue weighted by Crippen LogP contribution is -2.34. The average Bonchev–Trinajstić information content (AvgIpc) is 2.94.